The molecule has 31 heavy (non-hydrogen) atoms. The summed E-state index contributed by atoms with van der Waals surface area (Å²) in [6.45, 7) is 15.6. The zero-order valence-corrected chi connectivity index (χ0v) is 22.4. The Hall–Kier alpha value is 0.110. The molecule has 2 heterocycles. The van der Waals surface area contributed by atoms with Crippen LogP contribution in [0.3, 0.4) is 0 Å². The average molecular weight is 455 g/mol. The Labute approximate surface area is 195 Å². The quantitative estimate of drug-likeness (QED) is 0.154. The summed E-state index contributed by atoms with van der Waals surface area (Å²) in [5.41, 5.74) is 0. The maximum absolute atomic E-state index is 5.70. The second kappa shape index (κ2) is 16.7. The highest BCUT2D eigenvalue weighted by atomic mass is 31.2. The minimum absolute atomic E-state index is 1.08. The van der Waals surface area contributed by atoms with Crippen LogP contribution in [0.2, 0.25) is 0 Å². The zero-order chi connectivity index (χ0) is 22.2. The molecular weight excluding hydrogens is 399 g/mol. The van der Waals surface area contributed by atoms with Gasteiger partial charge < -0.3 is 0 Å². The summed E-state index contributed by atoms with van der Waals surface area (Å²) in [5.74, 6) is 0. The summed E-state index contributed by atoms with van der Waals surface area (Å²) in [6.07, 6.45) is 22.2. The molecule has 0 aliphatic carbocycles. The summed E-state index contributed by atoms with van der Waals surface area (Å²) >= 11 is 0. The molecule has 0 amide bonds. The molecule has 0 spiro atoms. The lowest BCUT2D eigenvalue weighted by Gasteiger charge is -2.47. The molecule has 4 nitrogen and oxygen atoms in total. The highest BCUT2D eigenvalue weighted by molar-refractivity contribution is 7.59. The summed E-state index contributed by atoms with van der Waals surface area (Å²) in [5, 5.41) is 0. The van der Waals surface area contributed by atoms with Gasteiger partial charge in [-0.1, -0.05) is 85.0 Å². The van der Waals surface area contributed by atoms with E-state index in [9.17, 15) is 0 Å². The topological polar surface area (TPSA) is 22.1 Å². The molecule has 2 aliphatic heterocycles. The van der Waals surface area contributed by atoms with Crippen LogP contribution < -0.4 is 0 Å². The van der Waals surface area contributed by atoms with Crippen LogP contribution in [0.1, 0.15) is 124 Å². The third-order valence-electron chi connectivity index (χ3n) is 7.24. The van der Waals surface area contributed by atoms with Crippen molar-refractivity contribution in [2.24, 2.45) is 4.74 Å². The monoisotopic (exact) mass is 454 g/mol. The Bertz CT molecular complexity index is 464. The van der Waals surface area contributed by atoms with E-state index in [2.05, 4.69) is 34.8 Å². The molecule has 5 heteroatoms. The van der Waals surface area contributed by atoms with Gasteiger partial charge in [0.15, 0.2) is 7.51 Å². The molecule has 2 aliphatic rings. The van der Waals surface area contributed by atoms with Crippen LogP contribution in [0.25, 0.3) is 0 Å². The fraction of sp³-hybridized carbons (Fsp3) is 1.00. The van der Waals surface area contributed by atoms with Gasteiger partial charge in [-0.3, -0.25) is 4.74 Å². The Morgan fingerprint density at radius 3 is 1.52 bits per heavy atom. The lowest BCUT2D eigenvalue weighted by atomic mass is 10.1. The van der Waals surface area contributed by atoms with Crippen LogP contribution in [0.5, 0.6) is 0 Å². The molecule has 0 saturated carbocycles. The third-order valence-corrected chi connectivity index (χ3v) is 11.4. The van der Waals surface area contributed by atoms with Gasteiger partial charge >= 0.3 is 0 Å². The van der Waals surface area contributed by atoms with Crippen molar-refractivity contribution in [2.75, 3.05) is 45.8 Å². The Kier molecular flexibility index (Phi) is 14.7. The molecule has 0 radical (unpaired) electrons. The number of unbranched alkanes of at least 4 members (excludes halogenated alkanes) is 10. The fourth-order valence-electron chi connectivity index (χ4n) is 5.37. The van der Waals surface area contributed by atoms with Crippen molar-refractivity contribution in [1.82, 2.24) is 14.0 Å². The van der Waals surface area contributed by atoms with E-state index >= 15 is 0 Å². The molecule has 0 aromatic carbocycles. The second-order valence-electron chi connectivity index (χ2n) is 9.81. The summed E-state index contributed by atoms with van der Waals surface area (Å²) in [6, 6.07) is 0. The summed E-state index contributed by atoms with van der Waals surface area (Å²) in [7, 11) is -1.68. The van der Waals surface area contributed by atoms with E-state index in [1.165, 1.54) is 135 Å². The zero-order valence-electron chi connectivity index (χ0n) is 21.5. The van der Waals surface area contributed by atoms with E-state index < -0.39 is 7.51 Å². The van der Waals surface area contributed by atoms with Crippen LogP contribution in [-0.4, -0.2) is 59.8 Å². The van der Waals surface area contributed by atoms with Crippen molar-refractivity contribution in [3.63, 3.8) is 0 Å². The first-order chi connectivity index (χ1) is 15.3. The Morgan fingerprint density at radius 1 is 0.613 bits per heavy atom. The molecule has 2 rings (SSSR count). The first-order valence-electron chi connectivity index (χ1n) is 14.1. The van der Waals surface area contributed by atoms with Gasteiger partial charge in [0.1, 0.15) is 0 Å². The molecule has 184 valence electrons. The van der Waals surface area contributed by atoms with Gasteiger partial charge in [-0.05, 0) is 38.5 Å². The number of nitrogens with zero attached hydrogens (tertiary/aromatic N) is 4. The number of hydrogen-bond donors (Lipinski definition) is 0. The van der Waals surface area contributed by atoms with E-state index in [1.807, 2.05) is 0 Å². The smallest absolute Gasteiger partial charge is 0.167 e. The minimum Gasteiger partial charge on any atom is -0.261 e. The van der Waals surface area contributed by atoms with Crippen molar-refractivity contribution in [2.45, 2.75) is 124 Å². The largest absolute Gasteiger partial charge is 0.261 e. The van der Waals surface area contributed by atoms with Gasteiger partial charge in [0.25, 0.3) is 0 Å². The first-order valence-corrected chi connectivity index (χ1v) is 15.7. The second-order valence-corrected chi connectivity index (χ2v) is 12.9. The van der Waals surface area contributed by atoms with Crippen LogP contribution in [0.4, 0.5) is 0 Å². The minimum atomic E-state index is -1.68. The maximum atomic E-state index is 5.70. The van der Waals surface area contributed by atoms with Crippen LogP contribution in [0.15, 0.2) is 4.74 Å². The molecule has 2 saturated heterocycles. The Balaban J connectivity index is 1.93. The first kappa shape index (κ1) is 27.4. The standard InChI is InChI=1S/C26H55N4P/c1-4-7-9-10-11-12-13-14-15-16-21-27-31(29-23-17-18-24-29,30-25-19-20-26-30)28(6-3)22-8-5-2/h4-26H2,1-3H3. The third kappa shape index (κ3) is 8.76. The highest BCUT2D eigenvalue weighted by Crippen LogP contribution is 2.61. The highest BCUT2D eigenvalue weighted by Gasteiger charge is 2.41. The fourth-order valence-corrected chi connectivity index (χ4v) is 9.82. The van der Waals surface area contributed by atoms with Crippen molar-refractivity contribution in [1.29, 1.82) is 0 Å². The average Bonchev–Trinajstić information content (AvgIpc) is 3.51. The van der Waals surface area contributed by atoms with Gasteiger partial charge in [-0.15, -0.1) is 0 Å². The van der Waals surface area contributed by atoms with Crippen LogP contribution >= 0.6 is 7.51 Å². The predicted molar refractivity (Wildman–Crippen MR) is 140 cm³/mol. The summed E-state index contributed by atoms with van der Waals surface area (Å²) in [4.78, 5) is 0. The molecular formula is C26H55N4P. The lowest BCUT2D eigenvalue weighted by Crippen LogP contribution is -2.40. The Morgan fingerprint density at radius 2 is 1.06 bits per heavy atom. The summed E-state index contributed by atoms with van der Waals surface area (Å²) < 4.78 is 14.2. The predicted octanol–water partition coefficient (Wildman–Crippen LogP) is 8.17. The lowest BCUT2D eigenvalue weighted by molar-refractivity contribution is 0.351. The van der Waals surface area contributed by atoms with Crippen LogP contribution in [0, 0.1) is 0 Å². The van der Waals surface area contributed by atoms with Crippen molar-refractivity contribution in [3.8, 4) is 0 Å². The van der Waals surface area contributed by atoms with Gasteiger partial charge in [0.05, 0.1) is 0 Å². The molecule has 0 bridgehead atoms. The van der Waals surface area contributed by atoms with Crippen molar-refractivity contribution >= 4 is 7.51 Å². The normalized spacial score (nSPS) is 18.5. The van der Waals surface area contributed by atoms with Crippen molar-refractivity contribution in [3.05, 3.63) is 0 Å². The van der Waals surface area contributed by atoms with E-state index in [0.717, 1.165) is 13.1 Å². The maximum Gasteiger partial charge on any atom is 0.167 e. The van der Waals surface area contributed by atoms with E-state index in [1.54, 1.807) is 0 Å². The molecule has 0 atom stereocenters. The van der Waals surface area contributed by atoms with E-state index in [0.29, 0.717) is 0 Å². The molecule has 0 N–H and O–H groups in total. The van der Waals surface area contributed by atoms with Crippen molar-refractivity contribution < 1.29 is 0 Å². The molecule has 2 fully saturated rings. The van der Waals surface area contributed by atoms with Gasteiger partial charge in [0, 0.05) is 45.8 Å². The van der Waals surface area contributed by atoms with Gasteiger partial charge in [0.2, 0.25) is 0 Å². The van der Waals surface area contributed by atoms with Gasteiger partial charge in [-0.25, -0.2) is 14.0 Å². The van der Waals surface area contributed by atoms with Crippen LogP contribution in [-0.2, 0) is 0 Å². The number of hydrogen-bond acceptors (Lipinski definition) is 1. The molecule has 0 aromatic rings. The molecule has 0 aromatic heterocycles. The molecule has 0 unspecified atom stereocenters. The number of rotatable bonds is 18. The van der Waals surface area contributed by atoms with Gasteiger partial charge in [-0.2, -0.15) is 0 Å². The SMILES string of the molecule is CCCCCCCCCCCCN=P(N(CC)CCCC)(N1CCCC1)N1CCCC1. The van der Waals surface area contributed by atoms with E-state index in [4.69, 9.17) is 4.74 Å². The van der Waals surface area contributed by atoms with E-state index in [-0.39, 0.29) is 0 Å².